The number of hydrogen-bond acceptors (Lipinski definition) is 3. The second-order valence-electron chi connectivity index (χ2n) is 3.58. The first-order valence-electron chi connectivity index (χ1n) is 4.95. The van der Waals surface area contributed by atoms with Crippen LogP contribution in [0.3, 0.4) is 0 Å². The normalized spacial score (nSPS) is 10.5. The van der Waals surface area contributed by atoms with Crippen molar-refractivity contribution < 1.29 is 4.79 Å². The molecule has 1 aromatic heterocycles. The summed E-state index contributed by atoms with van der Waals surface area (Å²) in [5, 5.41) is 2.94. The fraction of sp³-hybridized carbons (Fsp3) is 0.167. The van der Waals surface area contributed by atoms with E-state index < -0.39 is 0 Å². The number of hydrogen-bond donors (Lipinski definition) is 0. The summed E-state index contributed by atoms with van der Waals surface area (Å²) < 4.78 is 1.90. The Morgan fingerprint density at radius 2 is 2.29 bits per heavy atom. The van der Waals surface area contributed by atoms with E-state index in [4.69, 9.17) is 0 Å². The highest BCUT2D eigenvalue weighted by atomic mass is 127. The van der Waals surface area contributed by atoms with Crippen molar-refractivity contribution in [3.05, 3.63) is 47.9 Å². The Hall–Kier alpha value is -0.270. The quantitative estimate of drug-likeness (QED) is 0.547. The second kappa shape index (κ2) is 5.58. The van der Waals surface area contributed by atoms with Crippen LogP contribution in [0.25, 0.3) is 0 Å². The van der Waals surface area contributed by atoms with Gasteiger partial charge in [-0.3, -0.25) is 4.79 Å². The van der Waals surface area contributed by atoms with Gasteiger partial charge in [-0.05, 0) is 47.7 Å². The van der Waals surface area contributed by atoms with Crippen LogP contribution in [-0.4, -0.2) is 10.8 Å². The number of nitrogens with zero attached hydrogens (tertiary/aromatic N) is 1. The molecule has 0 N–H and O–H groups in total. The van der Waals surface area contributed by atoms with E-state index in [0.29, 0.717) is 6.42 Å². The molecule has 0 bridgehead atoms. The van der Waals surface area contributed by atoms with Gasteiger partial charge in [0, 0.05) is 19.0 Å². The Labute approximate surface area is 126 Å². The molecule has 17 heavy (non-hydrogen) atoms. The van der Waals surface area contributed by atoms with Crippen molar-refractivity contribution in [2.45, 2.75) is 13.3 Å². The highest BCUT2D eigenvalue weighted by molar-refractivity contribution is 14.1. The molecule has 0 radical (unpaired) electrons. The molecule has 5 heteroatoms. The van der Waals surface area contributed by atoms with E-state index in [9.17, 15) is 4.79 Å². The zero-order valence-electron chi connectivity index (χ0n) is 9.04. The molecule has 2 aromatic rings. The minimum atomic E-state index is 0.112. The molecule has 0 atom stereocenters. The first kappa shape index (κ1) is 13.2. The second-order valence-corrected chi connectivity index (χ2v) is 6.72. The number of ketones is 1. The summed E-state index contributed by atoms with van der Waals surface area (Å²) in [6.07, 6.45) is 0.372. The van der Waals surface area contributed by atoms with Crippen molar-refractivity contribution in [2.24, 2.45) is 0 Å². The number of thiazole rings is 1. The molecule has 0 saturated carbocycles. The monoisotopic (exact) mass is 421 g/mol. The third-order valence-electron chi connectivity index (χ3n) is 2.24. The molecule has 0 aliphatic carbocycles. The van der Waals surface area contributed by atoms with Gasteiger partial charge >= 0.3 is 0 Å². The highest BCUT2D eigenvalue weighted by Gasteiger charge is 2.12. The topological polar surface area (TPSA) is 30.0 Å². The van der Waals surface area contributed by atoms with Crippen LogP contribution in [0, 0.1) is 10.5 Å². The third-order valence-corrected chi connectivity index (χ3v) is 4.49. The van der Waals surface area contributed by atoms with Crippen LogP contribution >= 0.6 is 49.9 Å². The molecular weight excluding hydrogens is 413 g/mol. The van der Waals surface area contributed by atoms with Gasteiger partial charge in [0.1, 0.15) is 0 Å². The minimum absolute atomic E-state index is 0.112. The summed E-state index contributed by atoms with van der Waals surface area (Å²) in [6, 6.07) is 5.74. The average Bonchev–Trinajstić information content (AvgIpc) is 2.67. The standard InChI is InChI=1S/C12H9BrINOS/c1-7-15-9(6-17-7)5-12(16)10-4-8(13)2-3-11(10)14/h2-4,6H,5H2,1H3. The average molecular weight is 422 g/mol. The Morgan fingerprint density at radius 1 is 1.53 bits per heavy atom. The van der Waals surface area contributed by atoms with Crippen LogP contribution in [-0.2, 0) is 6.42 Å². The number of Topliss-reactive ketones (excluding diaryl/α,β-unsaturated/α-hetero) is 1. The maximum atomic E-state index is 12.1. The van der Waals surface area contributed by atoms with Gasteiger partial charge < -0.3 is 0 Å². The minimum Gasteiger partial charge on any atom is -0.294 e. The zero-order valence-corrected chi connectivity index (χ0v) is 13.6. The van der Waals surface area contributed by atoms with E-state index in [1.165, 1.54) is 0 Å². The number of benzene rings is 1. The lowest BCUT2D eigenvalue weighted by molar-refractivity contribution is 0.0991. The smallest absolute Gasteiger partial charge is 0.169 e. The van der Waals surface area contributed by atoms with Crippen molar-refractivity contribution >= 4 is 55.6 Å². The fourth-order valence-corrected chi connectivity index (χ4v) is 3.07. The highest BCUT2D eigenvalue weighted by Crippen LogP contribution is 2.20. The fourth-order valence-electron chi connectivity index (χ4n) is 1.46. The van der Waals surface area contributed by atoms with Gasteiger partial charge in [0.15, 0.2) is 5.78 Å². The number of halogens is 2. The maximum absolute atomic E-state index is 12.1. The van der Waals surface area contributed by atoms with Crippen molar-refractivity contribution in [3.63, 3.8) is 0 Å². The van der Waals surface area contributed by atoms with Crippen molar-refractivity contribution in [2.75, 3.05) is 0 Å². The van der Waals surface area contributed by atoms with Crippen LogP contribution in [0.1, 0.15) is 21.1 Å². The number of carbonyl (C=O) groups is 1. The van der Waals surface area contributed by atoms with Crippen molar-refractivity contribution in [3.8, 4) is 0 Å². The molecule has 0 amide bonds. The van der Waals surface area contributed by atoms with Crippen molar-refractivity contribution in [1.29, 1.82) is 0 Å². The van der Waals surface area contributed by atoms with Crippen LogP contribution in [0.4, 0.5) is 0 Å². The summed E-state index contributed by atoms with van der Waals surface area (Å²) in [5.41, 5.74) is 1.61. The predicted molar refractivity (Wildman–Crippen MR) is 81.7 cm³/mol. The Kier molecular flexibility index (Phi) is 4.32. The third kappa shape index (κ3) is 3.35. The Morgan fingerprint density at radius 3 is 2.94 bits per heavy atom. The summed E-state index contributed by atoms with van der Waals surface area (Å²) in [5.74, 6) is 0.112. The van der Waals surface area contributed by atoms with Crippen LogP contribution in [0.2, 0.25) is 0 Å². The summed E-state index contributed by atoms with van der Waals surface area (Å²) in [7, 11) is 0. The van der Waals surface area contributed by atoms with E-state index in [1.54, 1.807) is 11.3 Å². The van der Waals surface area contributed by atoms with Gasteiger partial charge in [0.2, 0.25) is 0 Å². The number of carbonyl (C=O) groups excluding carboxylic acids is 1. The number of aryl methyl sites for hydroxylation is 1. The molecular formula is C12H9BrINOS. The number of rotatable bonds is 3. The summed E-state index contributed by atoms with van der Waals surface area (Å²) in [6.45, 7) is 1.95. The van der Waals surface area contributed by atoms with E-state index in [1.807, 2.05) is 30.5 Å². The van der Waals surface area contributed by atoms with Crippen LogP contribution in [0.15, 0.2) is 28.1 Å². The van der Waals surface area contributed by atoms with Gasteiger partial charge in [0.05, 0.1) is 17.1 Å². The summed E-state index contributed by atoms with van der Waals surface area (Å²) in [4.78, 5) is 16.4. The first-order chi connectivity index (χ1) is 8.06. The van der Waals surface area contributed by atoms with Gasteiger partial charge in [0.25, 0.3) is 0 Å². The molecule has 0 saturated heterocycles. The molecule has 2 nitrogen and oxygen atoms in total. The molecule has 0 unspecified atom stereocenters. The molecule has 0 aliphatic rings. The van der Waals surface area contributed by atoms with E-state index in [-0.39, 0.29) is 5.78 Å². The van der Waals surface area contributed by atoms with E-state index in [0.717, 1.165) is 24.3 Å². The Balaban J connectivity index is 2.22. The molecule has 88 valence electrons. The lowest BCUT2D eigenvalue weighted by atomic mass is 10.1. The van der Waals surface area contributed by atoms with Crippen LogP contribution in [0.5, 0.6) is 0 Å². The Bertz CT molecular complexity index is 567. The lowest BCUT2D eigenvalue weighted by Crippen LogP contribution is -2.06. The SMILES string of the molecule is Cc1nc(CC(=O)c2cc(Br)ccc2I)cs1. The largest absolute Gasteiger partial charge is 0.294 e. The molecule has 1 aromatic carbocycles. The van der Waals surface area contributed by atoms with E-state index in [2.05, 4.69) is 43.5 Å². The van der Waals surface area contributed by atoms with Crippen LogP contribution < -0.4 is 0 Å². The van der Waals surface area contributed by atoms with Gasteiger partial charge in [-0.2, -0.15) is 0 Å². The molecule has 2 rings (SSSR count). The lowest BCUT2D eigenvalue weighted by Gasteiger charge is -2.03. The zero-order chi connectivity index (χ0) is 12.4. The molecule has 1 heterocycles. The van der Waals surface area contributed by atoms with Gasteiger partial charge in [-0.25, -0.2) is 4.98 Å². The summed E-state index contributed by atoms with van der Waals surface area (Å²) >= 11 is 7.14. The van der Waals surface area contributed by atoms with E-state index >= 15 is 0 Å². The predicted octanol–water partition coefficient (Wildman–Crippen LogP) is 4.24. The first-order valence-corrected chi connectivity index (χ1v) is 7.70. The molecule has 0 spiro atoms. The number of aromatic nitrogens is 1. The van der Waals surface area contributed by atoms with Gasteiger partial charge in [-0.15, -0.1) is 11.3 Å². The molecule has 0 aliphatic heterocycles. The molecule has 0 fully saturated rings. The maximum Gasteiger partial charge on any atom is 0.169 e. The van der Waals surface area contributed by atoms with Gasteiger partial charge in [-0.1, -0.05) is 15.9 Å². The van der Waals surface area contributed by atoms with Crippen molar-refractivity contribution in [1.82, 2.24) is 4.98 Å².